The zero-order chi connectivity index (χ0) is 17.4. The number of para-hydroxylation sites is 1. The fraction of sp³-hybridized carbons (Fsp3) is 0.368. The van der Waals surface area contributed by atoms with Crippen LogP contribution < -0.4 is 5.32 Å². The van der Waals surface area contributed by atoms with E-state index in [-0.39, 0.29) is 11.9 Å². The Bertz CT molecular complexity index is 948. The average Bonchev–Trinajstić information content (AvgIpc) is 3.06. The van der Waals surface area contributed by atoms with Gasteiger partial charge in [0.05, 0.1) is 11.1 Å². The second kappa shape index (κ2) is 6.27. The summed E-state index contributed by atoms with van der Waals surface area (Å²) in [7, 11) is 0. The highest BCUT2D eigenvalue weighted by atomic mass is 16.5. The first-order valence-electron chi connectivity index (χ1n) is 8.65. The number of hydrogen-bond donors (Lipinski definition) is 1. The van der Waals surface area contributed by atoms with Crippen molar-refractivity contribution in [3.63, 3.8) is 0 Å². The molecule has 0 radical (unpaired) electrons. The zero-order valence-corrected chi connectivity index (χ0v) is 14.4. The van der Waals surface area contributed by atoms with Crippen molar-refractivity contribution in [1.82, 2.24) is 20.4 Å². The third kappa shape index (κ3) is 2.88. The molecule has 1 aromatic carbocycles. The maximum absolute atomic E-state index is 13.1. The largest absolute Gasteiger partial charge is 0.340 e. The number of fused-ring (bicyclic) bond motifs is 2. The molecule has 6 nitrogen and oxygen atoms in total. The average molecular weight is 336 g/mol. The van der Waals surface area contributed by atoms with Gasteiger partial charge in [0.15, 0.2) is 5.82 Å². The first-order valence-corrected chi connectivity index (χ1v) is 8.65. The monoisotopic (exact) mass is 336 g/mol. The maximum Gasteiger partial charge on any atom is 0.252 e. The number of aryl methyl sites for hydroxylation is 2. The fourth-order valence-corrected chi connectivity index (χ4v) is 3.45. The molecular weight excluding hydrogens is 316 g/mol. The molecule has 0 saturated carbocycles. The third-order valence-electron chi connectivity index (χ3n) is 4.66. The Morgan fingerprint density at radius 3 is 2.80 bits per heavy atom. The van der Waals surface area contributed by atoms with Crippen molar-refractivity contribution in [1.29, 1.82) is 0 Å². The number of carbonyl (C=O) groups is 1. The van der Waals surface area contributed by atoms with Crippen LogP contribution in [0, 0.1) is 6.92 Å². The van der Waals surface area contributed by atoms with Crippen molar-refractivity contribution in [3.8, 4) is 0 Å². The van der Waals surface area contributed by atoms with Crippen LogP contribution in [-0.4, -0.2) is 21.0 Å². The Balaban J connectivity index is 1.75. The van der Waals surface area contributed by atoms with Gasteiger partial charge in [0, 0.05) is 11.1 Å². The molecular formula is C19H20N4O2. The van der Waals surface area contributed by atoms with Crippen LogP contribution in [-0.2, 0) is 12.8 Å². The molecule has 0 saturated heterocycles. The molecule has 1 atom stereocenters. The summed E-state index contributed by atoms with van der Waals surface area (Å²) in [5, 5.41) is 7.69. The van der Waals surface area contributed by atoms with Gasteiger partial charge in [-0.1, -0.05) is 23.4 Å². The summed E-state index contributed by atoms with van der Waals surface area (Å²) in [5.74, 6) is 0.862. The smallest absolute Gasteiger partial charge is 0.252 e. The predicted octanol–water partition coefficient (Wildman–Crippen LogP) is 3.30. The predicted molar refractivity (Wildman–Crippen MR) is 93.3 cm³/mol. The van der Waals surface area contributed by atoms with Crippen molar-refractivity contribution < 1.29 is 9.32 Å². The van der Waals surface area contributed by atoms with E-state index >= 15 is 0 Å². The van der Waals surface area contributed by atoms with E-state index < -0.39 is 0 Å². The van der Waals surface area contributed by atoms with Gasteiger partial charge in [-0.05, 0) is 51.2 Å². The number of aromatic nitrogens is 3. The standard InChI is InChI=1S/C19H20N4O2/c1-11(19-21-12(2)23-25-19)20-18(24)17-13-7-3-5-9-15(13)22-16-10-6-4-8-14(16)17/h3,5,7,9,11H,4,6,8,10H2,1-2H3,(H,20,24)/t11-/m1/s1. The quantitative estimate of drug-likeness (QED) is 0.794. The van der Waals surface area contributed by atoms with Crippen LogP contribution in [0.25, 0.3) is 10.9 Å². The normalized spacial score (nSPS) is 15.0. The molecule has 4 rings (SSSR count). The molecule has 6 heteroatoms. The highest BCUT2D eigenvalue weighted by Crippen LogP contribution is 2.29. The molecule has 1 N–H and O–H groups in total. The number of pyridine rings is 1. The summed E-state index contributed by atoms with van der Waals surface area (Å²) < 4.78 is 5.17. The molecule has 128 valence electrons. The molecule has 0 unspecified atom stereocenters. The first-order chi connectivity index (χ1) is 12.1. The van der Waals surface area contributed by atoms with Crippen LogP contribution in [0.15, 0.2) is 28.8 Å². The second-order valence-corrected chi connectivity index (χ2v) is 6.51. The molecule has 2 aromatic heterocycles. The summed E-state index contributed by atoms with van der Waals surface area (Å²) in [4.78, 5) is 22.1. The number of rotatable bonds is 3. The van der Waals surface area contributed by atoms with Crippen LogP contribution in [0.2, 0.25) is 0 Å². The van der Waals surface area contributed by atoms with Gasteiger partial charge in [-0.25, -0.2) is 0 Å². The van der Waals surface area contributed by atoms with Crippen molar-refractivity contribution >= 4 is 16.8 Å². The van der Waals surface area contributed by atoms with Gasteiger partial charge in [0.2, 0.25) is 5.89 Å². The van der Waals surface area contributed by atoms with Crippen molar-refractivity contribution in [2.75, 3.05) is 0 Å². The Kier molecular flexibility index (Phi) is 3.95. The Morgan fingerprint density at radius 2 is 2.00 bits per heavy atom. The SMILES string of the molecule is Cc1noc([C@@H](C)NC(=O)c2c3c(nc4ccccc24)CCCC3)n1. The number of amides is 1. The minimum atomic E-state index is -0.347. The minimum Gasteiger partial charge on any atom is -0.340 e. The van der Waals surface area contributed by atoms with Gasteiger partial charge in [-0.3, -0.25) is 9.78 Å². The molecule has 1 amide bonds. The summed E-state index contributed by atoms with van der Waals surface area (Å²) in [5.41, 5.74) is 3.74. The van der Waals surface area contributed by atoms with Gasteiger partial charge in [-0.15, -0.1) is 0 Å². The van der Waals surface area contributed by atoms with E-state index in [4.69, 9.17) is 9.51 Å². The van der Waals surface area contributed by atoms with E-state index in [0.29, 0.717) is 11.7 Å². The second-order valence-electron chi connectivity index (χ2n) is 6.51. The van der Waals surface area contributed by atoms with E-state index in [1.54, 1.807) is 6.92 Å². The molecule has 1 aliphatic carbocycles. The van der Waals surface area contributed by atoms with E-state index in [1.165, 1.54) is 0 Å². The van der Waals surface area contributed by atoms with E-state index in [1.807, 2.05) is 31.2 Å². The van der Waals surface area contributed by atoms with Crippen molar-refractivity contribution in [2.24, 2.45) is 0 Å². The number of nitrogens with zero attached hydrogens (tertiary/aromatic N) is 3. The summed E-state index contributed by atoms with van der Waals surface area (Å²) in [6.07, 6.45) is 4.03. The van der Waals surface area contributed by atoms with Gasteiger partial charge in [0.1, 0.15) is 6.04 Å². The summed E-state index contributed by atoms with van der Waals surface area (Å²) in [6.45, 7) is 3.61. The maximum atomic E-state index is 13.1. The highest BCUT2D eigenvalue weighted by Gasteiger charge is 2.24. The molecule has 0 bridgehead atoms. The zero-order valence-electron chi connectivity index (χ0n) is 14.4. The van der Waals surface area contributed by atoms with E-state index in [2.05, 4.69) is 15.5 Å². The van der Waals surface area contributed by atoms with Gasteiger partial charge >= 0.3 is 0 Å². The van der Waals surface area contributed by atoms with Gasteiger partial charge < -0.3 is 9.84 Å². The minimum absolute atomic E-state index is 0.111. The van der Waals surface area contributed by atoms with Crippen LogP contribution >= 0.6 is 0 Å². The molecule has 1 aliphatic rings. The molecule has 0 spiro atoms. The molecule has 3 aromatic rings. The number of benzene rings is 1. The summed E-state index contributed by atoms with van der Waals surface area (Å²) >= 11 is 0. The fourth-order valence-electron chi connectivity index (χ4n) is 3.45. The van der Waals surface area contributed by atoms with Gasteiger partial charge in [0.25, 0.3) is 5.91 Å². The van der Waals surface area contributed by atoms with E-state index in [0.717, 1.165) is 53.4 Å². The number of carbonyl (C=O) groups excluding carboxylic acids is 1. The number of hydrogen-bond acceptors (Lipinski definition) is 5. The molecule has 25 heavy (non-hydrogen) atoms. The van der Waals surface area contributed by atoms with Gasteiger partial charge in [-0.2, -0.15) is 4.98 Å². The lowest BCUT2D eigenvalue weighted by atomic mass is 9.89. The molecule has 0 fully saturated rings. The Morgan fingerprint density at radius 1 is 1.20 bits per heavy atom. The highest BCUT2D eigenvalue weighted by molar-refractivity contribution is 6.07. The summed E-state index contributed by atoms with van der Waals surface area (Å²) in [6, 6.07) is 7.48. The Hall–Kier alpha value is -2.76. The van der Waals surface area contributed by atoms with Crippen molar-refractivity contribution in [3.05, 3.63) is 52.8 Å². The lowest BCUT2D eigenvalue weighted by molar-refractivity contribution is 0.0933. The lowest BCUT2D eigenvalue weighted by Gasteiger charge is -2.21. The molecule has 0 aliphatic heterocycles. The topological polar surface area (TPSA) is 80.9 Å². The van der Waals surface area contributed by atoms with Crippen LogP contribution in [0.4, 0.5) is 0 Å². The number of nitrogens with one attached hydrogen (secondary N) is 1. The van der Waals surface area contributed by atoms with Crippen LogP contribution in [0.3, 0.4) is 0 Å². The first kappa shape index (κ1) is 15.7. The lowest BCUT2D eigenvalue weighted by Crippen LogP contribution is -2.29. The van der Waals surface area contributed by atoms with Crippen LogP contribution in [0.5, 0.6) is 0 Å². The third-order valence-corrected chi connectivity index (χ3v) is 4.66. The van der Waals surface area contributed by atoms with Crippen LogP contribution in [0.1, 0.15) is 59.1 Å². The Labute approximate surface area is 145 Å². The van der Waals surface area contributed by atoms with E-state index in [9.17, 15) is 4.79 Å². The molecule has 2 heterocycles. The van der Waals surface area contributed by atoms with Crippen molar-refractivity contribution in [2.45, 2.75) is 45.6 Å².